The highest BCUT2D eigenvalue weighted by Crippen LogP contribution is 2.29. The fraction of sp³-hybridized carbons (Fsp3) is 0.818. The highest BCUT2D eigenvalue weighted by Gasteiger charge is 2.31. The zero-order valence-corrected chi connectivity index (χ0v) is 11.4. The molecule has 8 heteroatoms. The molecule has 1 fully saturated rings. The van der Waals surface area contributed by atoms with Crippen LogP contribution in [0.4, 0.5) is 13.2 Å². The van der Waals surface area contributed by atoms with Crippen LogP contribution in [-0.2, 0) is 9.59 Å². The molecular formula is C11H17F3N2O2S. The van der Waals surface area contributed by atoms with E-state index >= 15 is 0 Å². The van der Waals surface area contributed by atoms with Crippen LogP contribution in [0.3, 0.4) is 0 Å². The Hall–Kier alpha value is -0.920. The van der Waals surface area contributed by atoms with Gasteiger partial charge in [0.25, 0.3) is 0 Å². The molecule has 0 aromatic rings. The van der Waals surface area contributed by atoms with E-state index in [2.05, 4.69) is 5.32 Å². The Morgan fingerprint density at radius 2 is 2.11 bits per heavy atom. The minimum absolute atomic E-state index is 0.0121. The van der Waals surface area contributed by atoms with Crippen molar-refractivity contribution in [2.24, 2.45) is 0 Å². The molecule has 0 saturated carbocycles. The van der Waals surface area contributed by atoms with E-state index in [9.17, 15) is 22.8 Å². The summed E-state index contributed by atoms with van der Waals surface area (Å²) in [5.74, 6) is -0.712. The fourth-order valence-electron chi connectivity index (χ4n) is 1.87. The lowest BCUT2D eigenvalue weighted by Crippen LogP contribution is -2.45. The second-order valence-electron chi connectivity index (χ2n) is 4.28. The van der Waals surface area contributed by atoms with Crippen molar-refractivity contribution in [1.29, 1.82) is 0 Å². The Labute approximate surface area is 114 Å². The van der Waals surface area contributed by atoms with Crippen LogP contribution in [0.2, 0.25) is 0 Å². The third-order valence-corrected chi connectivity index (χ3v) is 3.47. The molecule has 1 N–H and O–H groups in total. The molecule has 1 rings (SSSR count). The summed E-state index contributed by atoms with van der Waals surface area (Å²) < 4.78 is 36.1. The van der Waals surface area contributed by atoms with Gasteiger partial charge in [-0.05, 0) is 18.2 Å². The molecule has 19 heavy (non-hydrogen) atoms. The second-order valence-corrected chi connectivity index (χ2v) is 5.44. The van der Waals surface area contributed by atoms with Crippen LogP contribution >= 0.6 is 11.8 Å². The predicted molar refractivity (Wildman–Crippen MR) is 66.5 cm³/mol. The summed E-state index contributed by atoms with van der Waals surface area (Å²) in [6, 6.07) is -0.601. The van der Waals surface area contributed by atoms with Gasteiger partial charge in [0.05, 0.1) is 0 Å². The van der Waals surface area contributed by atoms with Crippen molar-refractivity contribution in [3.05, 3.63) is 0 Å². The van der Waals surface area contributed by atoms with E-state index in [-0.39, 0.29) is 48.8 Å². The summed E-state index contributed by atoms with van der Waals surface area (Å²) in [7, 11) is 0. The Kier molecular flexibility index (Phi) is 5.96. The van der Waals surface area contributed by atoms with Crippen molar-refractivity contribution in [3.63, 3.8) is 0 Å². The highest BCUT2D eigenvalue weighted by atomic mass is 32.2. The summed E-state index contributed by atoms with van der Waals surface area (Å²) >= 11 is -0.148. The maximum Gasteiger partial charge on any atom is 0.441 e. The Morgan fingerprint density at radius 1 is 1.42 bits per heavy atom. The van der Waals surface area contributed by atoms with Crippen molar-refractivity contribution < 1.29 is 22.8 Å². The quantitative estimate of drug-likeness (QED) is 0.841. The van der Waals surface area contributed by atoms with Gasteiger partial charge in [-0.25, -0.2) is 0 Å². The molecule has 0 aromatic heterocycles. The Bertz CT molecular complexity index is 336. The van der Waals surface area contributed by atoms with Gasteiger partial charge < -0.3 is 10.2 Å². The molecule has 1 saturated heterocycles. The molecule has 0 aliphatic carbocycles. The largest absolute Gasteiger partial charge is 0.441 e. The molecule has 4 nitrogen and oxygen atoms in total. The van der Waals surface area contributed by atoms with Crippen LogP contribution in [0.5, 0.6) is 0 Å². The first-order valence-corrected chi connectivity index (χ1v) is 7.11. The van der Waals surface area contributed by atoms with Crippen molar-refractivity contribution in [3.8, 4) is 0 Å². The van der Waals surface area contributed by atoms with Crippen molar-refractivity contribution in [2.45, 2.75) is 37.7 Å². The number of hydrogen-bond donors (Lipinski definition) is 1. The van der Waals surface area contributed by atoms with E-state index in [0.717, 1.165) is 6.42 Å². The Morgan fingerprint density at radius 3 is 2.68 bits per heavy atom. The number of carbonyl (C=O) groups is 2. The third-order valence-electron chi connectivity index (χ3n) is 2.76. The molecule has 0 spiro atoms. The number of nitrogens with zero attached hydrogens (tertiary/aromatic N) is 1. The van der Waals surface area contributed by atoms with Crippen molar-refractivity contribution in [1.82, 2.24) is 10.2 Å². The van der Waals surface area contributed by atoms with E-state index in [1.165, 1.54) is 4.90 Å². The van der Waals surface area contributed by atoms with Gasteiger partial charge in [-0.1, -0.05) is 13.3 Å². The summed E-state index contributed by atoms with van der Waals surface area (Å²) in [6.07, 6.45) is 1.37. The van der Waals surface area contributed by atoms with Gasteiger partial charge in [-0.2, -0.15) is 13.2 Å². The van der Waals surface area contributed by atoms with E-state index in [4.69, 9.17) is 0 Å². The van der Waals surface area contributed by atoms with Gasteiger partial charge in [0, 0.05) is 25.3 Å². The molecule has 1 heterocycles. The average molecular weight is 298 g/mol. The van der Waals surface area contributed by atoms with E-state index in [1.807, 2.05) is 6.92 Å². The maximum atomic E-state index is 12.1. The Balaban J connectivity index is 2.55. The second kappa shape index (κ2) is 7.02. The highest BCUT2D eigenvalue weighted by molar-refractivity contribution is 8.00. The fourth-order valence-corrected chi connectivity index (χ4v) is 2.42. The predicted octanol–water partition coefficient (Wildman–Crippen LogP) is 1.76. The molecule has 1 atom stereocenters. The molecular weight excluding hydrogens is 281 g/mol. The summed E-state index contributed by atoms with van der Waals surface area (Å²) in [5.41, 5.74) is -4.29. The lowest BCUT2D eigenvalue weighted by atomic mass is 10.1. The topological polar surface area (TPSA) is 49.4 Å². The molecule has 0 aromatic carbocycles. The molecule has 2 amide bonds. The average Bonchev–Trinajstić information content (AvgIpc) is 2.41. The molecule has 1 aliphatic heterocycles. The zero-order valence-electron chi connectivity index (χ0n) is 10.6. The van der Waals surface area contributed by atoms with Gasteiger partial charge in [0.1, 0.15) is 6.04 Å². The van der Waals surface area contributed by atoms with Crippen molar-refractivity contribution >= 4 is 23.6 Å². The minimum Gasteiger partial charge on any atom is -0.344 e. The van der Waals surface area contributed by atoms with Crippen LogP contribution in [0, 0.1) is 0 Å². The first-order valence-electron chi connectivity index (χ1n) is 6.12. The first kappa shape index (κ1) is 16.1. The minimum atomic E-state index is -4.29. The lowest BCUT2D eigenvalue weighted by molar-refractivity contribution is -0.133. The van der Waals surface area contributed by atoms with Crippen LogP contribution in [-0.4, -0.2) is 47.1 Å². The van der Waals surface area contributed by atoms with E-state index in [0.29, 0.717) is 6.42 Å². The standard InChI is InChI=1S/C11H17F3N2O2S/c1-2-3-8-10(18)16(5-4-9(17)15-8)6-7-19-11(12,13)14/h8H,2-7H2,1H3,(H,15,17). The van der Waals surface area contributed by atoms with Crippen molar-refractivity contribution in [2.75, 3.05) is 18.8 Å². The molecule has 1 aliphatic rings. The van der Waals surface area contributed by atoms with Gasteiger partial charge in [-0.3, -0.25) is 9.59 Å². The molecule has 0 radical (unpaired) electrons. The maximum absolute atomic E-state index is 12.1. The molecule has 1 unspecified atom stereocenters. The van der Waals surface area contributed by atoms with Gasteiger partial charge >= 0.3 is 5.51 Å². The summed E-state index contributed by atoms with van der Waals surface area (Å²) in [6.45, 7) is 2.08. The number of halogens is 3. The van der Waals surface area contributed by atoms with Gasteiger partial charge in [0.2, 0.25) is 11.8 Å². The molecule has 0 bridgehead atoms. The van der Waals surface area contributed by atoms with Crippen LogP contribution in [0.25, 0.3) is 0 Å². The first-order chi connectivity index (χ1) is 8.83. The smallest absolute Gasteiger partial charge is 0.344 e. The van der Waals surface area contributed by atoms with Crippen LogP contribution in [0.1, 0.15) is 26.2 Å². The number of alkyl halides is 3. The van der Waals surface area contributed by atoms with Crippen LogP contribution in [0.15, 0.2) is 0 Å². The summed E-state index contributed by atoms with van der Waals surface area (Å²) in [5, 5.41) is 2.61. The summed E-state index contributed by atoms with van der Waals surface area (Å²) in [4.78, 5) is 24.8. The number of nitrogens with one attached hydrogen (secondary N) is 1. The number of thioether (sulfide) groups is 1. The van der Waals surface area contributed by atoms with Crippen LogP contribution < -0.4 is 5.32 Å². The van der Waals surface area contributed by atoms with Gasteiger partial charge in [-0.15, -0.1) is 0 Å². The zero-order chi connectivity index (χ0) is 14.5. The number of carbonyl (C=O) groups excluding carboxylic acids is 2. The number of hydrogen-bond acceptors (Lipinski definition) is 3. The van der Waals surface area contributed by atoms with Gasteiger partial charge in [0.15, 0.2) is 0 Å². The normalized spacial score (nSPS) is 21.3. The van der Waals surface area contributed by atoms with E-state index in [1.54, 1.807) is 0 Å². The number of amides is 2. The SMILES string of the molecule is CCCC1NC(=O)CCN(CCSC(F)(F)F)C1=O. The third kappa shape index (κ3) is 5.71. The lowest BCUT2D eigenvalue weighted by Gasteiger charge is -2.23. The monoisotopic (exact) mass is 298 g/mol. The number of rotatable bonds is 5. The van der Waals surface area contributed by atoms with E-state index < -0.39 is 11.6 Å². The molecule has 110 valence electrons.